The van der Waals surface area contributed by atoms with Gasteiger partial charge in [-0.2, -0.15) is 0 Å². The van der Waals surface area contributed by atoms with Crippen LogP contribution in [0, 0.1) is 0 Å². The molecule has 0 bridgehead atoms. The van der Waals surface area contributed by atoms with Gasteiger partial charge in [-0.1, -0.05) is 66.7 Å². The van der Waals surface area contributed by atoms with E-state index in [-0.39, 0.29) is 0 Å². The molecule has 0 fully saturated rings. The predicted octanol–water partition coefficient (Wildman–Crippen LogP) is 15.2. The van der Waals surface area contributed by atoms with Crippen LogP contribution >= 0.6 is 0 Å². The summed E-state index contributed by atoms with van der Waals surface area (Å²) in [5, 5.41) is 0. The number of nitrogens with two attached hydrogens (primary N) is 2. The van der Waals surface area contributed by atoms with E-state index in [1.54, 1.807) is 18.2 Å². The molecule has 10 heteroatoms. The average Bonchev–Trinajstić information content (AvgIpc) is 3.30. The number of rotatable bonds is 16. The topological polar surface area (TPSA) is 126 Å². The minimum Gasteiger partial charge on any atom is -0.457 e. The highest BCUT2D eigenvalue weighted by atomic mass is 16.6. The molecule has 0 aromatic heterocycles. The highest BCUT2D eigenvalue weighted by Gasteiger charge is 2.15. The van der Waals surface area contributed by atoms with Gasteiger partial charge in [-0.3, -0.25) is 0 Å². The summed E-state index contributed by atoms with van der Waals surface area (Å²) in [6, 6.07) is 66.1. The predicted molar refractivity (Wildman–Crippen MR) is 247 cm³/mol. The molecule has 9 aromatic carbocycles. The van der Waals surface area contributed by atoms with Gasteiger partial charge in [0.05, 0.1) is 0 Å². The zero-order valence-electron chi connectivity index (χ0n) is 34.2. The second-order valence-electron chi connectivity index (χ2n) is 14.2. The fourth-order valence-electron chi connectivity index (χ4n) is 6.40. The summed E-state index contributed by atoms with van der Waals surface area (Å²) in [7, 11) is 0. The fourth-order valence-corrected chi connectivity index (χ4v) is 6.40. The maximum Gasteiger partial charge on any atom is 0.170 e. The third-order valence-corrected chi connectivity index (χ3v) is 9.39. The maximum absolute atomic E-state index is 6.42. The Labute approximate surface area is 369 Å². The van der Waals surface area contributed by atoms with Crippen molar-refractivity contribution in [1.82, 2.24) is 0 Å². The lowest BCUT2D eigenvalue weighted by atomic mass is 10.2. The monoisotopic (exact) mass is 844 g/mol. The fraction of sp³-hybridized carbons (Fsp3) is 0. The van der Waals surface area contributed by atoms with E-state index in [0.717, 1.165) is 0 Å². The number of nitrogen functional groups attached to an aromatic ring is 2. The smallest absolute Gasteiger partial charge is 0.170 e. The van der Waals surface area contributed by atoms with Gasteiger partial charge < -0.3 is 49.4 Å². The molecule has 0 amide bonds. The van der Waals surface area contributed by atoms with Crippen LogP contribution < -0.4 is 49.4 Å². The van der Waals surface area contributed by atoms with Gasteiger partial charge >= 0.3 is 0 Å². The first kappa shape index (κ1) is 40.4. The maximum atomic E-state index is 6.42. The quantitative estimate of drug-likeness (QED) is 0.0908. The standard InChI is InChI=1S/C54H40N2O8/c55-37-12-9-14-43(34-37)57-39-26-30-41(31-27-39)59-47-18-1-5-22-51(47)63-53-24-7-3-20-49(53)61-45-16-11-17-46(36-45)62-50-21-4-8-25-54(50)64-52-23-6-2-19-48(52)60-42-32-28-40(29-33-42)58-44-15-10-13-38(56)35-44/h1-36H,55-56H2. The Kier molecular flexibility index (Phi) is 12.1. The highest BCUT2D eigenvalue weighted by molar-refractivity contribution is 5.54. The van der Waals surface area contributed by atoms with Crippen molar-refractivity contribution in [2.75, 3.05) is 11.5 Å². The van der Waals surface area contributed by atoms with E-state index in [1.807, 2.05) is 200 Å². The Hall–Kier alpha value is -9.02. The zero-order chi connectivity index (χ0) is 43.5. The third-order valence-electron chi connectivity index (χ3n) is 9.39. The van der Waals surface area contributed by atoms with Crippen molar-refractivity contribution in [1.29, 1.82) is 0 Å². The summed E-state index contributed by atoms with van der Waals surface area (Å²) < 4.78 is 50.0. The lowest BCUT2D eigenvalue weighted by Crippen LogP contribution is -1.94. The minimum absolute atomic E-state index is 0.484. The Balaban J connectivity index is 0.856. The number of benzene rings is 9. The number of hydrogen-bond donors (Lipinski definition) is 2. The molecule has 0 saturated carbocycles. The van der Waals surface area contributed by atoms with Gasteiger partial charge in [0.2, 0.25) is 0 Å². The molecule has 9 rings (SSSR count). The molecule has 0 spiro atoms. The molecule has 0 unspecified atom stereocenters. The molecule has 0 saturated heterocycles. The van der Waals surface area contributed by atoms with Crippen LogP contribution in [0.25, 0.3) is 0 Å². The van der Waals surface area contributed by atoms with Gasteiger partial charge in [-0.15, -0.1) is 0 Å². The van der Waals surface area contributed by atoms with E-state index in [0.29, 0.717) is 103 Å². The Morgan fingerprint density at radius 2 is 0.422 bits per heavy atom. The normalized spacial score (nSPS) is 10.6. The first-order chi connectivity index (χ1) is 31.5. The van der Waals surface area contributed by atoms with Gasteiger partial charge in [0.25, 0.3) is 0 Å². The number of para-hydroxylation sites is 8. The van der Waals surface area contributed by atoms with Crippen LogP contribution in [0.5, 0.6) is 92.0 Å². The lowest BCUT2D eigenvalue weighted by molar-refractivity contribution is 0.388. The van der Waals surface area contributed by atoms with E-state index < -0.39 is 0 Å². The van der Waals surface area contributed by atoms with E-state index in [4.69, 9.17) is 49.4 Å². The van der Waals surface area contributed by atoms with Gasteiger partial charge in [0.1, 0.15) is 46.0 Å². The molecular weight excluding hydrogens is 805 g/mol. The molecule has 4 N–H and O–H groups in total. The number of hydrogen-bond acceptors (Lipinski definition) is 10. The van der Waals surface area contributed by atoms with Crippen molar-refractivity contribution in [3.05, 3.63) is 218 Å². The van der Waals surface area contributed by atoms with Crippen molar-refractivity contribution in [2.24, 2.45) is 0 Å². The van der Waals surface area contributed by atoms with Crippen molar-refractivity contribution in [2.45, 2.75) is 0 Å². The van der Waals surface area contributed by atoms with Crippen LogP contribution in [-0.4, -0.2) is 0 Å². The molecule has 10 nitrogen and oxygen atoms in total. The van der Waals surface area contributed by atoms with E-state index in [1.165, 1.54) is 0 Å². The minimum atomic E-state index is 0.484. The highest BCUT2D eigenvalue weighted by Crippen LogP contribution is 2.43. The summed E-state index contributed by atoms with van der Waals surface area (Å²) in [5.74, 6) is 8.82. The Morgan fingerprint density at radius 1 is 0.188 bits per heavy atom. The van der Waals surface area contributed by atoms with Crippen molar-refractivity contribution in [3.8, 4) is 92.0 Å². The van der Waals surface area contributed by atoms with E-state index >= 15 is 0 Å². The second kappa shape index (κ2) is 19.1. The Bertz CT molecular complexity index is 2790. The summed E-state index contributed by atoms with van der Waals surface area (Å²) >= 11 is 0. The summed E-state index contributed by atoms with van der Waals surface area (Å²) in [4.78, 5) is 0. The van der Waals surface area contributed by atoms with E-state index in [9.17, 15) is 0 Å². The van der Waals surface area contributed by atoms with Crippen LogP contribution in [-0.2, 0) is 0 Å². The summed E-state index contributed by atoms with van der Waals surface area (Å²) in [6.45, 7) is 0. The number of ether oxygens (including phenoxy) is 8. The molecule has 0 radical (unpaired) electrons. The van der Waals surface area contributed by atoms with Crippen molar-refractivity contribution in [3.63, 3.8) is 0 Å². The SMILES string of the molecule is Nc1cccc(Oc2ccc(Oc3ccccc3Oc3ccccc3Oc3cccc(Oc4ccccc4Oc4ccccc4Oc4ccc(Oc5cccc(N)c5)cc4)c3)cc2)c1. The average molecular weight is 845 g/mol. The molecular formula is C54H40N2O8. The zero-order valence-corrected chi connectivity index (χ0v) is 34.2. The second-order valence-corrected chi connectivity index (χ2v) is 14.2. The van der Waals surface area contributed by atoms with Crippen LogP contribution in [0.15, 0.2) is 218 Å². The van der Waals surface area contributed by atoms with Gasteiger partial charge in [-0.25, -0.2) is 0 Å². The third kappa shape index (κ3) is 10.5. The van der Waals surface area contributed by atoms with E-state index in [2.05, 4.69) is 0 Å². The van der Waals surface area contributed by atoms with Crippen LogP contribution in [0.2, 0.25) is 0 Å². The van der Waals surface area contributed by atoms with Crippen molar-refractivity contribution >= 4 is 11.4 Å². The lowest BCUT2D eigenvalue weighted by Gasteiger charge is -2.16. The molecule has 9 aromatic rings. The van der Waals surface area contributed by atoms with Gasteiger partial charge in [0, 0.05) is 29.6 Å². The van der Waals surface area contributed by atoms with Gasteiger partial charge in [0.15, 0.2) is 46.0 Å². The molecule has 0 atom stereocenters. The largest absolute Gasteiger partial charge is 0.457 e. The summed E-state index contributed by atoms with van der Waals surface area (Å²) in [5.41, 5.74) is 13.0. The summed E-state index contributed by atoms with van der Waals surface area (Å²) in [6.07, 6.45) is 0. The first-order valence-corrected chi connectivity index (χ1v) is 20.3. The Morgan fingerprint density at radius 3 is 0.719 bits per heavy atom. The molecule has 0 heterocycles. The molecule has 0 aliphatic carbocycles. The first-order valence-electron chi connectivity index (χ1n) is 20.3. The molecule has 0 aliphatic heterocycles. The molecule has 64 heavy (non-hydrogen) atoms. The number of anilines is 2. The van der Waals surface area contributed by atoms with Crippen LogP contribution in [0.3, 0.4) is 0 Å². The molecule has 0 aliphatic rings. The van der Waals surface area contributed by atoms with Crippen molar-refractivity contribution < 1.29 is 37.9 Å². The van der Waals surface area contributed by atoms with Gasteiger partial charge in [-0.05, 0) is 133 Å². The van der Waals surface area contributed by atoms with Crippen LogP contribution in [0.1, 0.15) is 0 Å². The molecule has 314 valence electrons. The van der Waals surface area contributed by atoms with Crippen LogP contribution in [0.4, 0.5) is 11.4 Å².